The molecule has 12 heteroatoms. The predicted molar refractivity (Wildman–Crippen MR) is 137 cm³/mol. The van der Waals surface area contributed by atoms with Crippen LogP contribution >= 0.6 is 11.8 Å². The van der Waals surface area contributed by atoms with Crippen LogP contribution in [-0.4, -0.2) is 58.6 Å². The van der Waals surface area contributed by atoms with Gasteiger partial charge in [-0.1, -0.05) is 23.4 Å². The van der Waals surface area contributed by atoms with Gasteiger partial charge in [0, 0.05) is 48.7 Å². The van der Waals surface area contributed by atoms with Gasteiger partial charge in [0.05, 0.1) is 10.8 Å². The van der Waals surface area contributed by atoms with E-state index < -0.39 is 39.6 Å². The molecule has 4 aliphatic rings. The van der Waals surface area contributed by atoms with Gasteiger partial charge < -0.3 is 14.3 Å². The van der Waals surface area contributed by atoms with E-state index in [4.69, 9.17) is 4.52 Å². The van der Waals surface area contributed by atoms with Gasteiger partial charge in [-0.05, 0) is 36.8 Å². The number of aryl methyl sites for hydroxylation is 1. The molecule has 4 atom stereocenters. The molecule has 1 unspecified atom stereocenters. The van der Waals surface area contributed by atoms with Crippen LogP contribution in [0.25, 0.3) is 0 Å². The molecule has 0 radical (unpaired) electrons. The Labute approximate surface area is 220 Å². The molecule has 1 aromatic heterocycles. The van der Waals surface area contributed by atoms with Crippen LogP contribution < -0.4 is 9.80 Å². The number of thioether (sulfide) groups is 1. The minimum absolute atomic E-state index is 0.0689. The van der Waals surface area contributed by atoms with Crippen LogP contribution in [0.1, 0.15) is 28.5 Å². The van der Waals surface area contributed by atoms with E-state index in [1.54, 1.807) is 25.9 Å². The molecule has 4 aliphatic heterocycles. The van der Waals surface area contributed by atoms with Crippen molar-refractivity contribution in [2.75, 3.05) is 35.5 Å². The number of hydrogen-bond acceptors (Lipinski definition) is 8. The van der Waals surface area contributed by atoms with Crippen LogP contribution in [0, 0.1) is 22.9 Å². The fourth-order valence-corrected chi connectivity index (χ4v) is 8.75. The summed E-state index contributed by atoms with van der Waals surface area (Å²) < 4.78 is 20.7. The Morgan fingerprint density at radius 2 is 1.82 bits per heavy atom. The summed E-state index contributed by atoms with van der Waals surface area (Å²) in [5, 5.41) is 16.2. The SMILES string of the molecule is Cc1noc([C@@H]2C3CSCN3[C@]3(C(=O)N(C)c4ccccc43)[C@@]23C(=O)N(C)c2ccc(F)cc23)c1[N+](=O)[O-]. The summed E-state index contributed by atoms with van der Waals surface area (Å²) in [6.07, 6.45) is 0. The molecule has 0 N–H and O–H groups in total. The van der Waals surface area contributed by atoms with Gasteiger partial charge in [0.2, 0.25) is 11.7 Å². The monoisotopic (exact) mass is 535 g/mol. The molecule has 2 fully saturated rings. The number of carbonyl (C=O) groups is 2. The lowest BCUT2D eigenvalue weighted by atomic mass is 9.58. The van der Waals surface area contributed by atoms with Crippen molar-refractivity contribution in [2.24, 2.45) is 0 Å². The Bertz CT molecular complexity index is 1590. The number of likely N-dealkylation sites (N-methyl/N-ethyl adjacent to an activating group) is 2. The summed E-state index contributed by atoms with van der Waals surface area (Å²) in [6, 6.07) is 10.9. The van der Waals surface area contributed by atoms with E-state index in [1.165, 1.54) is 34.9 Å². The summed E-state index contributed by atoms with van der Waals surface area (Å²) in [6.45, 7) is 1.48. The zero-order chi connectivity index (χ0) is 26.7. The summed E-state index contributed by atoms with van der Waals surface area (Å²) in [4.78, 5) is 46.1. The maximum absolute atomic E-state index is 15.0. The molecule has 38 heavy (non-hydrogen) atoms. The summed E-state index contributed by atoms with van der Waals surface area (Å²) in [7, 11) is 3.25. The lowest BCUT2D eigenvalue weighted by Crippen LogP contribution is -2.63. The highest BCUT2D eigenvalue weighted by Crippen LogP contribution is 2.71. The van der Waals surface area contributed by atoms with Crippen LogP contribution in [0.2, 0.25) is 0 Å². The van der Waals surface area contributed by atoms with Crippen molar-refractivity contribution >= 4 is 40.6 Å². The first-order valence-electron chi connectivity index (χ1n) is 12.1. The average molecular weight is 536 g/mol. The van der Waals surface area contributed by atoms with Crippen molar-refractivity contribution in [3.05, 3.63) is 81.0 Å². The predicted octanol–water partition coefficient (Wildman–Crippen LogP) is 3.29. The van der Waals surface area contributed by atoms with Crippen molar-refractivity contribution in [2.45, 2.75) is 29.8 Å². The van der Waals surface area contributed by atoms with Gasteiger partial charge in [0.25, 0.3) is 5.91 Å². The largest absolute Gasteiger partial charge is 0.353 e. The van der Waals surface area contributed by atoms with Crippen molar-refractivity contribution in [1.82, 2.24) is 10.1 Å². The van der Waals surface area contributed by atoms with Gasteiger partial charge in [-0.25, -0.2) is 4.39 Å². The molecule has 5 heterocycles. The molecule has 2 aromatic carbocycles. The average Bonchev–Trinajstić information content (AvgIpc) is 3.66. The lowest BCUT2D eigenvalue weighted by Gasteiger charge is -2.43. The zero-order valence-corrected chi connectivity index (χ0v) is 21.5. The molecule has 0 bridgehead atoms. The minimum atomic E-state index is -1.75. The fraction of sp³-hybridized carbons (Fsp3) is 0.346. The van der Waals surface area contributed by atoms with Crippen molar-refractivity contribution < 1.29 is 23.4 Å². The Morgan fingerprint density at radius 1 is 1.11 bits per heavy atom. The minimum Gasteiger partial charge on any atom is -0.353 e. The van der Waals surface area contributed by atoms with Gasteiger partial charge in [-0.3, -0.25) is 24.6 Å². The standard InChI is InChI=1S/C26H22FN5O5S/c1-13-21(32(35)36)22(37-28-13)20-19-11-38-12-31(19)26(15-6-4-5-7-17(15)30(3)24(26)34)25(20)16-10-14(27)8-9-18(16)29(2)23(25)33/h4-10,19-20H,11-12H2,1-3H3/t19?,20-,25+,26+/m0/s1. The van der Waals surface area contributed by atoms with Crippen molar-refractivity contribution in [1.29, 1.82) is 0 Å². The molecule has 0 saturated carbocycles. The summed E-state index contributed by atoms with van der Waals surface area (Å²) >= 11 is 1.58. The number of rotatable bonds is 2. The third kappa shape index (κ3) is 2.33. The number of carbonyl (C=O) groups excluding carboxylic acids is 2. The molecule has 2 saturated heterocycles. The van der Waals surface area contributed by atoms with Crippen LogP contribution in [0.3, 0.4) is 0 Å². The van der Waals surface area contributed by atoms with Crippen LogP contribution in [-0.2, 0) is 20.5 Å². The molecule has 2 spiro atoms. The number of anilines is 2. The van der Waals surface area contributed by atoms with Gasteiger partial charge >= 0.3 is 5.69 Å². The third-order valence-corrected chi connectivity index (χ3v) is 9.79. The number of amides is 2. The molecule has 0 aliphatic carbocycles. The van der Waals surface area contributed by atoms with E-state index in [9.17, 15) is 19.7 Å². The van der Waals surface area contributed by atoms with E-state index in [0.717, 1.165) is 0 Å². The number of para-hydroxylation sites is 1. The van der Waals surface area contributed by atoms with E-state index in [-0.39, 0.29) is 23.0 Å². The first-order chi connectivity index (χ1) is 18.2. The zero-order valence-electron chi connectivity index (χ0n) is 20.7. The highest BCUT2D eigenvalue weighted by atomic mass is 32.2. The Morgan fingerprint density at radius 3 is 2.58 bits per heavy atom. The fourth-order valence-electron chi connectivity index (χ4n) is 7.45. The number of hydrogen-bond donors (Lipinski definition) is 0. The van der Waals surface area contributed by atoms with E-state index in [0.29, 0.717) is 34.1 Å². The van der Waals surface area contributed by atoms with E-state index in [2.05, 4.69) is 5.16 Å². The highest BCUT2D eigenvalue weighted by Gasteiger charge is 2.83. The summed E-state index contributed by atoms with van der Waals surface area (Å²) in [5.74, 6) is -1.51. The van der Waals surface area contributed by atoms with Gasteiger partial charge in [0.15, 0.2) is 5.69 Å². The maximum atomic E-state index is 15.0. The lowest BCUT2D eigenvalue weighted by molar-refractivity contribution is -0.386. The Hall–Kier alpha value is -3.77. The summed E-state index contributed by atoms with van der Waals surface area (Å²) in [5.41, 5.74) is -1.57. The normalized spacial score (nSPS) is 29.6. The second-order valence-electron chi connectivity index (χ2n) is 10.2. The molecule has 2 amide bonds. The van der Waals surface area contributed by atoms with Gasteiger partial charge in [0.1, 0.15) is 16.8 Å². The smallest absolute Gasteiger partial charge is 0.334 e. The van der Waals surface area contributed by atoms with Gasteiger partial charge in [-0.2, -0.15) is 0 Å². The number of nitro groups is 1. The molecular weight excluding hydrogens is 513 g/mol. The van der Waals surface area contributed by atoms with E-state index >= 15 is 4.39 Å². The van der Waals surface area contributed by atoms with E-state index in [1.807, 2.05) is 29.2 Å². The number of aromatic nitrogens is 1. The first-order valence-corrected chi connectivity index (χ1v) is 13.2. The molecule has 7 rings (SSSR count). The molecule has 3 aromatic rings. The third-order valence-electron chi connectivity index (χ3n) is 8.75. The maximum Gasteiger partial charge on any atom is 0.334 e. The highest BCUT2D eigenvalue weighted by molar-refractivity contribution is 7.99. The molecule has 10 nitrogen and oxygen atoms in total. The topological polar surface area (TPSA) is 113 Å². The Kier molecular flexibility index (Phi) is 4.56. The number of benzene rings is 2. The molecular formula is C26H22FN5O5S. The van der Waals surface area contributed by atoms with Crippen LogP contribution in [0.15, 0.2) is 47.0 Å². The molecule has 194 valence electrons. The quantitative estimate of drug-likeness (QED) is 0.363. The Balaban J connectivity index is 1.69. The second-order valence-corrected chi connectivity index (χ2v) is 11.2. The number of fused-ring (bicyclic) bond motifs is 7. The second kappa shape index (κ2) is 7.41. The first kappa shape index (κ1) is 23.4. The number of nitrogens with zero attached hydrogens (tertiary/aromatic N) is 5. The van der Waals surface area contributed by atoms with Crippen LogP contribution in [0.5, 0.6) is 0 Å². The van der Waals surface area contributed by atoms with Gasteiger partial charge in [-0.15, -0.1) is 11.8 Å². The number of halogens is 1. The van der Waals surface area contributed by atoms with Crippen molar-refractivity contribution in [3.63, 3.8) is 0 Å². The van der Waals surface area contributed by atoms with Crippen molar-refractivity contribution in [3.8, 4) is 0 Å². The van der Waals surface area contributed by atoms with Crippen LogP contribution in [0.4, 0.5) is 21.5 Å².